The van der Waals surface area contributed by atoms with Gasteiger partial charge in [-0.25, -0.2) is 14.8 Å². The molecule has 1 aromatic carbocycles. The molecule has 1 unspecified atom stereocenters. The van der Waals surface area contributed by atoms with Gasteiger partial charge in [-0.05, 0) is 30.5 Å². The smallest absolute Gasteiger partial charge is 0.124 e. The van der Waals surface area contributed by atoms with Crippen molar-refractivity contribution in [3.8, 4) is 0 Å². The molecule has 3 nitrogen and oxygen atoms in total. The van der Waals surface area contributed by atoms with Crippen LogP contribution in [-0.4, -0.2) is 24.6 Å². The Bertz CT molecular complexity index is 394. The zero-order chi connectivity index (χ0) is 13.0. The molecule has 1 atom stereocenters. The monoisotopic (exact) mass is 315 g/mol. The number of halogens is 2. The molecule has 1 fully saturated rings. The average Bonchev–Trinajstić information content (AvgIpc) is 2.38. The van der Waals surface area contributed by atoms with Crippen LogP contribution in [0.15, 0.2) is 22.7 Å². The predicted molar refractivity (Wildman–Crippen MR) is 74.5 cm³/mol. The second-order valence-corrected chi connectivity index (χ2v) is 5.49. The summed E-state index contributed by atoms with van der Waals surface area (Å²) in [7, 11) is 0. The highest BCUT2D eigenvalue weighted by atomic mass is 79.9. The van der Waals surface area contributed by atoms with Crippen LogP contribution in [0.1, 0.15) is 30.9 Å². The Morgan fingerprint density at radius 1 is 1.33 bits per heavy atom. The van der Waals surface area contributed by atoms with Crippen LogP contribution in [0.25, 0.3) is 0 Å². The maximum atomic E-state index is 13.1. The van der Waals surface area contributed by atoms with Gasteiger partial charge in [-0.15, -0.1) is 0 Å². The van der Waals surface area contributed by atoms with Crippen LogP contribution in [-0.2, 0) is 0 Å². The van der Waals surface area contributed by atoms with Crippen molar-refractivity contribution in [1.82, 2.24) is 10.4 Å². The SMILES string of the molecule is NCC(NN1CCCCC1)c1ccc(F)cc1Br. The Balaban J connectivity index is 2.07. The number of nitrogens with two attached hydrogens (primary N) is 1. The summed E-state index contributed by atoms with van der Waals surface area (Å²) in [5, 5.41) is 2.22. The molecule has 5 heteroatoms. The van der Waals surface area contributed by atoms with Crippen molar-refractivity contribution >= 4 is 15.9 Å². The first-order valence-electron chi connectivity index (χ1n) is 6.37. The van der Waals surface area contributed by atoms with E-state index in [9.17, 15) is 4.39 Å². The third kappa shape index (κ3) is 3.51. The van der Waals surface area contributed by atoms with Gasteiger partial charge < -0.3 is 5.73 Å². The molecular weight excluding hydrogens is 297 g/mol. The van der Waals surface area contributed by atoms with E-state index >= 15 is 0 Å². The van der Waals surface area contributed by atoms with Crippen molar-refractivity contribution in [2.45, 2.75) is 25.3 Å². The maximum Gasteiger partial charge on any atom is 0.124 e. The topological polar surface area (TPSA) is 41.3 Å². The predicted octanol–water partition coefficient (Wildman–Crippen LogP) is 2.58. The number of hydrazine groups is 1. The van der Waals surface area contributed by atoms with E-state index in [1.165, 1.54) is 31.4 Å². The van der Waals surface area contributed by atoms with Gasteiger partial charge in [0.05, 0.1) is 6.04 Å². The molecule has 1 aliphatic heterocycles. The number of hydrogen-bond acceptors (Lipinski definition) is 3. The molecule has 0 spiro atoms. The van der Waals surface area contributed by atoms with E-state index in [-0.39, 0.29) is 11.9 Å². The molecule has 0 aromatic heterocycles. The highest BCUT2D eigenvalue weighted by Gasteiger charge is 2.18. The first-order chi connectivity index (χ1) is 8.70. The van der Waals surface area contributed by atoms with Crippen molar-refractivity contribution < 1.29 is 4.39 Å². The fourth-order valence-electron chi connectivity index (χ4n) is 2.28. The largest absolute Gasteiger partial charge is 0.329 e. The van der Waals surface area contributed by atoms with Crippen LogP contribution in [0, 0.1) is 5.82 Å². The fraction of sp³-hybridized carbons (Fsp3) is 0.538. The summed E-state index contributed by atoms with van der Waals surface area (Å²) in [6.07, 6.45) is 3.73. The summed E-state index contributed by atoms with van der Waals surface area (Å²) in [4.78, 5) is 0. The molecule has 18 heavy (non-hydrogen) atoms. The normalized spacial score (nSPS) is 18.8. The number of rotatable bonds is 4. The van der Waals surface area contributed by atoms with Gasteiger partial charge in [0.25, 0.3) is 0 Å². The van der Waals surface area contributed by atoms with Gasteiger partial charge in [0.2, 0.25) is 0 Å². The quantitative estimate of drug-likeness (QED) is 0.897. The van der Waals surface area contributed by atoms with E-state index in [2.05, 4.69) is 26.4 Å². The minimum Gasteiger partial charge on any atom is -0.329 e. The minimum absolute atomic E-state index is 0.0260. The number of nitrogens with one attached hydrogen (secondary N) is 1. The van der Waals surface area contributed by atoms with Crippen molar-refractivity contribution in [3.05, 3.63) is 34.1 Å². The van der Waals surface area contributed by atoms with E-state index in [1.54, 1.807) is 6.07 Å². The molecule has 0 bridgehead atoms. The molecule has 1 aromatic rings. The van der Waals surface area contributed by atoms with Crippen LogP contribution in [0.3, 0.4) is 0 Å². The van der Waals surface area contributed by atoms with Gasteiger partial charge in [0, 0.05) is 24.1 Å². The van der Waals surface area contributed by atoms with Gasteiger partial charge in [0.1, 0.15) is 5.82 Å². The third-order valence-corrected chi connectivity index (χ3v) is 3.95. The average molecular weight is 316 g/mol. The van der Waals surface area contributed by atoms with E-state index < -0.39 is 0 Å². The van der Waals surface area contributed by atoms with E-state index in [1.807, 2.05) is 0 Å². The molecule has 0 radical (unpaired) electrons. The minimum atomic E-state index is -0.237. The zero-order valence-electron chi connectivity index (χ0n) is 10.3. The summed E-state index contributed by atoms with van der Waals surface area (Å²) < 4.78 is 13.8. The van der Waals surface area contributed by atoms with Gasteiger partial charge in [-0.1, -0.05) is 28.4 Å². The lowest BCUT2D eigenvalue weighted by Gasteiger charge is -2.31. The van der Waals surface area contributed by atoms with Crippen molar-refractivity contribution in [3.63, 3.8) is 0 Å². The number of nitrogens with zero attached hydrogens (tertiary/aromatic N) is 1. The second kappa shape index (κ2) is 6.61. The van der Waals surface area contributed by atoms with Gasteiger partial charge in [-0.3, -0.25) is 0 Å². The van der Waals surface area contributed by atoms with E-state index in [4.69, 9.17) is 5.73 Å². The van der Waals surface area contributed by atoms with Crippen LogP contribution in [0.2, 0.25) is 0 Å². The number of benzene rings is 1. The van der Waals surface area contributed by atoms with Crippen LogP contribution >= 0.6 is 15.9 Å². The summed E-state index contributed by atoms with van der Waals surface area (Å²) in [6, 6.07) is 4.77. The number of piperidine rings is 1. The van der Waals surface area contributed by atoms with Crippen LogP contribution < -0.4 is 11.2 Å². The van der Waals surface area contributed by atoms with Crippen LogP contribution in [0.4, 0.5) is 4.39 Å². The Hall–Kier alpha value is -0.490. The molecule has 100 valence electrons. The lowest BCUT2D eigenvalue weighted by Crippen LogP contribution is -2.45. The van der Waals surface area contributed by atoms with Crippen molar-refractivity contribution in [2.24, 2.45) is 5.73 Å². The lowest BCUT2D eigenvalue weighted by molar-refractivity contribution is 0.130. The molecule has 0 amide bonds. The summed E-state index contributed by atoms with van der Waals surface area (Å²) in [6.45, 7) is 2.59. The molecule has 2 rings (SSSR count). The Morgan fingerprint density at radius 3 is 2.67 bits per heavy atom. The summed E-state index contributed by atoms with van der Waals surface area (Å²) >= 11 is 3.40. The van der Waals surface area contributed by atoms with E-state index in [0.29, 0.717) is 6.54 Å². The molecule has 3 N–H and O–H groups in total. The zero-order valence-corrected chi connectivity index (χ0v) is 11.9. The molecule has 1 heterocycles. The molecule has 1 saturated heterocycles. The Kier molecular flexibility index (Phi) is 5.12. The second-order valence-electron chi connectivity index (χ2n) is 4.63. The maximum absolute atomic E-state index is 13.1. The first-order valence-corrected chi connectivity index (χ1v) is 7.16. The standard InChI is InChI=1S/C13H19BrFN3/c14-12-8-10(15)4-5-11(12)13(9-16)17-18-6-2-1-3-7-18/h4-5,8,13,17H,1-3,6-7,9,16H2. The van der Waals surface area contributed by atoms with Gasteiger partial charge in [-0.2, -0.15) is 0 Å². The van der Waals surface area contributed by atoms with E-state index in [0.717, 1.165) is 23.1 Å². The van der Waals surface area contributed by atoms with Crippen molar-refractivity contribution in [2.75, 3.05) is 19.6 Å². The molecule has 0 saturated carbocycles. The highest BCUT2D eigenvalue weighted by Crippen LogP contribution is 2.24. The molecule has 1 aliphatic rings. The number of hydrogen-bond donors (Lipinski definition) is 2. The van der Waals surface area contributed by atoms with Gasteiger partial charge >= 0.3 is 0 Å². The third-order valence-electron chi connectivity index (χ3n) is 3.27. The molecular formula is C13H19BrFN3. The molecule has 0 aliphatic carbocycles. The van der Waals surface area contributed by atoms with Crippen LogP contribution in [0.5, 0.6) is 0 Å². The Morgan fingerprint density at radius 2 is 2.06 bits per heavy atom. The lowest BCUT2D eigenvalue weighted by atomic mass is 10.1. The van der Waals surface area contributed by atoms with Gasteiger partial charge in [0.15, 0.2) is 0 Å². The first kappa shape index (κ1) is 13.9. The highest BCUT2D eigenvalue weighted by molar-refractivity contribution is 9.10. The van der Waals surface area contributed by atoms with Crippen molar-refractivity contribution in [1.29, 1.82) is 0 Å². The summed E-state index contributed by atoms with van der Waals surface area (Å²) in [5.74, 6) is -0.237. The summed E-state index contributed by atoms with van der Waals surface area (Å²) in [5.41, 5.74) is 10.3. The fourth-order valence-corrected chi connectivity index (χ4v) is 2.90. The Labute approximate surface area is 116 Å².